The van der Waals surface area contributed by atoms with E-state index in [9.17, 15) is 18.0 Å². The summed E-state index contributed by atoms with van der Waals surface area (Å²) in [6, 6.07) is 4.51. The highest BCUT2D eigenvalue weighted by atomic mass is 32.2. The number of rotatable bonds is 4. The monoisotopic (exact) mass is 278 g/mol. The highest BCUT2D eigenvalue weighted by Gasteiger charge is 2.29. The molecule has 0 fully saturated rings. The van der Waals surface area contributed by atoms with Gasteiger partial charge in [0, 0.05) is 11.3 Å². The van der Waals surface area contributed by atoms with Crippen molar-refractivity contribution in [2.75, 3.05) is 7.11 Å². The minimum absolute atomic E-state index is 0.139. The van der Waals surface area contributed by atoms with Gasteiger partial charge in [-0.05, 0) is 48.4 Å². The molecular weight excluding hydrogens is 265 g/mol. The molecule has 0 atom stereocenters. The molecule has 0 radical (unpaired) electrons. The Labute approximate surface area is 108 Å². The number of hydrogen-bond donors (Lipinski definition) is 0. The molecule has 0 aliphatic carbocycles. The fraction of sp³-hybridized carbons (Fsp3) is 0.417. The van der Waals surface area contributed by atoms with Gasteiger partial charge in [-0.2, -0.15) is 13.2 Å². The van der Waals surface area contributed by atoms with Gasteiger partial charge in [0.25, 0.3) is 0 Å². The quantitative estimate of drug-likeness (QED) is 0.620. The number of carbonyl (C=O) groups is 1. The van der Waals surface area contributed by atoms with Crippen LogP contribution in [0, 0.1) is 6.92 Å². The number of halogens is 3. The Bertz CT molecular complexity index is 430. The van der Waals surface area contributed by atoms with E-state index in [1.165, 1.54) is 19.2 Å². The zero-order valence-electron chi connectivity index (χ0n) is 10.0. The maximum atomic E-state index is 12.2. The Balaban J connectivity index is 2.71. The van der Waals surface area contributed by atoms with Crippen LogP contribution in [0.25, 0.3) is 0 Å². The van der Waals surface area contributed by atoms with E-state index in [4.69, 9.17) is 0 Å². The van der Waals surface area contributed by atoms with Crippen molar-refractivity contribution in [3.05, 3.63) is 29.3 Å². The molecule has 0 aliphatic rings. The Hall–Kier alpha value is -1.17. The van der Waals surface area contributed by atoms with Gasteiger partial charge in [-0.25, -0.2) is 0 Å². The molecule has 1 rings (SSSR count). The molecule has 0 spiro atoms. The number of thioether (sulfide) groups is 1. The second-order valence-corrected chi connectivity index (χ2v) is 4.85. The molecule has 2 nitrogen and oxygen atoms in total. The topological polar surface area (TPSA) is 26.3 Å². The predicted molar refractivity (Wildman–Crippen MR) is 63.4 cm³/mol. The Morgan fingerprint density at radius 2 is 2.06 bits per heavy atom. The molecule has 0 bridgehead atoms. The molecule has 0 heterocycles. The van der Waals surface area contributed by atoms with Gasteiger partial charge in [-0.3, -0.25) is 4.79 Å². The maximum Gasteiger partial charge on any atom is 0.446 e. The number of carbonyl (C=O) groups excluding carboxylic acids is 1. The van der Waals surface area contributed by atoms with Crippen molar-refractivity contribution >= 4 is 17.7 Å². The molecule has 0 saturated heterocycles. The van der Waals surface area contributed by atoms with Crippen LogP contribution in [0.15, 0.2) is 23.1 Å². The highest BCUT2D eigenvalue weighted by molar-refractivity contribution is 8.00. The maximum absolute atomic E-state index is 12.2. The van der Waals surface area contributed by atoms with E-state index in [1.807, 2.05) is 0 Å². The summed E-state index contributed by atoms with van der Waals surface area (Å²) in [6.07, 6.45) is 0.693. The Morgan fingerprint density at radius 1 is 1.39 bits per heavy atom. The third-order valence-corrected chi connectivity index (χ3v) is 3.09. The molecule has 0 N–H and O–H groups in total. The second kappa shape index (κ2) is 6.13. The zero-order chi connectivity index (χ0) is 13.8. The second-order valence-electron chi connectivity index (χ2n) is 3.71. The number of esters is 1. The molecule has 0 aromatic heterocycles. The van der Waals surface area contributed by atoms with Crippen molar-refractivity contribution < 1.29 is 22.7 Å². The standard InChI is InChI=1S/C12H13F3O2S/c1-8-7-10(18-12(13,14)15)5-3-9(8)4-6-11(16)17-2/h3,5,7H,4,6H2,1-2H3. The summed E-state index contributed by atoms with van der Waals surface area (Å²) in [4.78, 5) is 11.1. The van der Waals surface area contributed by atoms with E-state index in [2.05, 4.69) is 4.74 Å². The van der Waals surface area contributed by atoms with Crippen LogP contribution in [-0.4, -0.2) is 18.6 Å². The first-order valence-corrected chi connectivity index (χ1v) is 6.05. The van der Waals surface area contributed by atoms with Crippen molar-refractivity contribution in [2.45, 2.75) is 30.2 Å². The van der Waals surface area contributed by atoms with Crippen molar-refractivity contribution in [1.82, 2.24) is 0 Å². The lowest BCUT2D eigenvalue weighted by Gasteiger charge is -2.09. The lowest BCUT2D eigenvalue weighted by molar-refractivity contribution is -0.140. The Kier molecular flexibility index (Phi) is 5.07. The third kappa shape index (κ3) is 5.00. The van der Waals surface area contributed by atoms with Crippen LogP contribution < -0.4 is 0 Å². The van der Waals surface area contributed by atoms with E-state index in [1.54, 1.807) is 13.0 Å². The van der Waals surface area contributed by atoms with E-state index in [-0.39, 0.29) is 29.0 Å². The van der Waals surface area contributed by atoms with Crippen LogP contribution in [0.1, 0.15) is 17.5 Å². The van der Waals surface area contributed by atoms with Crippen LogP contribution in [0.2, 0.25) is 0 Å². The summed E-state index contributed by atoms with van der Waals surface area (Å²) in [5.41, 5.74) is -2.68. The van der Waals surface area contributed by atoms with E-state index in [0.717, 1.165) is 11.1 Å². The number of aryl methyl sites for hydroxylation is 2. The highest BCUT2D eigenvalue weighted by Crippen LogP contribution is 2.37. The first kappa shape index (κ1) is 14.9. The minimum Gasteiger partial charge on any atom is -0.469 e. The molecule has 0 unspecified atom stereocenters. The van der Waals surface area contributed by atoms with Gasteiger partial charge in [0.15, 0.2) is 0 Å². The molecule has 6 heteroatoms. The summed E-state index contributed by atoms with van der Waals surface area (Å²) < 4.78 is 41.0. The number of ether oxygens (including phenoxy) is 1. The van der Waals surface area contributed by atoms with E-state index < -0.39 is 5.51 Å². The van der Waals surface area contributed by atoms with Crippen LogP contribution in [0.5, 0.6) is 0 Å². The van der Waals surface area contributed by atoms with Gasteiger partial charge in [-0.15, -0.1) is 0 Å². The van der Waals surface area contributed by atoms with Gasteiger partial charge in [0.2, 0.25) is 0 Å². The van der Waals surface area contributed by atoms with Gasteiger partial charge in [-0.1, -0.05) is 6.07 Å². The van der Waals surface area contributed by atoms with Gasteiger partial charge in [0.05, 0.1) is 7.11 Å². The van der Waals surface area contributed by atoms with Gasteiger partial charge < -0.3 is 4.74 Å². The SMILES string of the molecule is COC(=O)CCc1ccc(SC(F)(F)F)cc1C. The Morgan fingerprint density at radius 3 is 2.56 bits per heavy atom. The summed E-state index contributed by atoms with van der Waals surface area (Å²) >= 11 is -0.139. The van der Waals surface area contributed by atoms with E-state index in [0.29, 0.717) is 6.42 Å². The summed E-state index contributed by atoms with van der Waals surface area (Å²) in [5.74, 6) is -0.330. The number of hydrogen-bond acceptors (Lipinski definition) is 3. The van der Waals surface area contributed by atoms with Crippen LogP contribution in [0.3, 0.4) is 0 Å². The lowest BCUT2D eigenvalue weighted by Crippen LogP contribution is -2.03. The molecule has 1 aromatic carbocycles. The van der Waals surface area contributed by atoms with Crippen molar-refractivity contribution in [2.24, 2.45) is 0 Å². The fourth-order valence-corrected chi connectivity index (χ4v) is 2.12. The first-order valence-electron chi connectivity index (χ1n) is 5.24. The molecular formula is C12H13F3O2S. The smallest absolute Gasteiger partial charge is 0.446 e. The van der Waals surface area contributed by atoms with Gasteiger partial charge in [0.1, 0.15) is 0 Å². The average Bonchev–Trinajstić information content (AvgIpc) is 2.25. The average molecular weight is 278 g/mol. The van der Waals surface area contributed by atoms with Crippen molar-refractivity contribution in [3.8, 4) is 0 Å². The number of benzene rings is 1. The number of alkyl halides is 3. The third-order valence-electron chi connectivity index (χ3n) is 2.37. The van der Waals surface area contributed by atoms with Crippen LogP contribution in [-0.2, 0) is 16.0 Å². The normalized spacial score (nSPS) is 11.4. The van der Waals surface area contributed by atoms with E-state index >= 15 is 0 Å². The fourth-order valence-electron chi connectivity index (χ4n) is 1.48. The number of methoxy groups -OCH3 is 1. The van der Waals surface area contributed by atoms with Crippen LogP contribution >= 0.6 is 11.8 Å². The molecule has 0 saturated carbocycles. The summed E-state index contributed by atoms with van der Waals surface area (Å²) in [7, 11) is 1.30. The minimum atomic E-state index is -4.28. The summed E-state index contributed by atoms with van der Waals surface area (Å²) in [6.45, 7) is 1.73. The molecule has 0 aliphatic heterocycles. The van der Waals surface area contributed by atoms with Crippen LogP contribution in [0.4, 0.5) is 13.2 Å². The van der Waals surface area contributed by atoms with Gasteiger partial charge >= 0.3 is 11.5 Å². The van der Waals surface area contributed by atoms with Crippen molar-refractivity contribution in [3.63, 3.8) is 0 Å². The molecule has 100 valence electrons. The summed E-state index contributed by atoms with van der Waals surface area (Å²) in [5, 5.41) is 0. The molecule has 18 heavy (non-hydrogen) atoms. The lowest BCUT2D eigenvalue weighted by atomic mass is 10.0. The predicted octanol–water partition coefficient (Wildman–Crippen LogP) is 3.71. The largest absolute Gasteiger partial charge is 0.469 e. The molecule has 1 aromatic rings. The zero-order valence-corrected chi connectivity index (χ0v) is 10.8. The first-order chi connectivity index (χ1) is 8.31. The van der Waals surface area contributed by atoms with Crippen molar-refractivity contribution in [1.29, 1.82) is 0 Å². The molecule has 0 amide bonds.